The molecule has 3 rings (SSSR count). The van der Waals surface area contributed by atoms with Crippen molar-refractivity contribution in [3.8, 4) is 0 Å². The number of aromatic nitrogens is 3. The van der Waals surface area contributed by atoms with Crippen molar-refractivity contribution in [2.24, 2.45) is 4.99 Å². The number of nitrogens with one attached hydrogen (secondary N) is 2. The van der Waals surface area contributed by atoms with E-state index in [0.717, 1.165) is 37.6 Å². The van der Waals surface area contributed by atoms with Crippen LogP contribution in [0.5, 0.6) is 0 Å². The first kappa shape index (κ1) is 19.9. The van der Waals surface area contributed by atoms with Crippen LogP contribution in [-0.2, 0) is 19.5 Å². The third kappa shape index (κ3) is 6.39. The van der Waals surface area contributed by atoms with Crippen LogP contribution in [0.15, 0.2) is 66.0 Å². The number of pyridine rings is 1. The summed E-state index contributed by atoms with van der Waals surface area (Å²) in [6.07, 6.45) is 6.42. The number of hydrogen-bond acceptors (Lipinski definition) is 3. The number of halogens is 1. The number of nitrogens with zero attached hydrogens (tertiary/aromatic N) is 4. The predicted molar refractivity (Wildman–Crippen MR) is 114 cm³/mol. The van der Waals surface area contributed by atoms with Gasteiger partial charge in [0.25, 0.3) is 0 Å². The first-order valence-corrected chi connectivity index (χ1v) is 9.78. The van der Waals surface area contributed by atoms with Crippen molar-refractivity contribution >= 4 is 17.6 Å². The Morgan fingerprint density at radius 3 is 2.75 bits per heavy atom. The van der Waals surface area contributed by atoms with Gasteiger partial charge in [-0.1, -0.05) is 41.9 Å². The molecule has 0 fully saturated rings. The van der Waals surface area contributed by atoms with Gasteiger partial charge in [-0.05, 0) is 42.2 Å². The number of rotatable bonds is 8. The standard InChI is InChI=1S/C21H25ClN6/c1-2-23-21(24-11-9-17-7-8-20(22)25-14-17)26-15-18-5-3-6-19(13-18)16-28-12-4-10-27-28/h3-8,10,12-14H,2,9,11,15-16H2,1H3,(H2,23,24,26). The maximum Gasteiger partial charge on any atom is 0.191 e. The van der Waals surface area contributed by atoms with Crippen LogP contribution in [0.4, 0.5) is 0 Å². The summed E-state index contributed by atoms with van der Waals surface area (Å²) in [6.45, 7) is 5.02. The number of guanidine groups is 1. The molecule has 0 saturated carbocycles. The average Bonchev–Trinajstić information content (AvgIpc) is 3.21. The lowest BCUT2D eigenvalue weighted by atomic mass is 10.1. The molecule has 3 aromatic rings. The first-order valence-electron chi connectivity index (χ1n) is 9.41. The van der Waals surface area contributed by atoms with Crippen LogP contribution in [0.25, 0.3) is 0 Å². The molecule has 7 heteroatoms. The maximum absolute atomic E-state index is 5.83. The van der Waals surface area contributed by atoms with E-state index in [4.69, 9.17) is 16.6 Å². The predicted octanol–water partition coefficient (Wildman–Crippen LogP) is 3.28. The van der Waals surface area contributed by atoms with Gasteiger partial charge in [0.1, 0.15) is 5.15 Å². The van der Waals surface area contributed by atoms with Crippen molar-refractivity contribution in [3.63, 3.8) is 0 Å². The quantitative estimate of drug-likeness (QED) is 0.348. The molecule has 2 aromatic heterocycles. The Kier molecular flexibility index (Phi) is 7.44. The summed E-state index contributed by atoms with van der Waals surface area (Å²) < 4.78 is 1.92. The third-order valence-corrected chi connectivity index (χ3v) is 4.38. The molecule has 1 aromatic carbocycles. The Morgan fingerprint density at radius 1 is 1.11 bits per heavy atom. The number of benzene rings is 1. The van der Waals surface area contributed by atoms with E-state index in [0.29, 0.717) is 11.7 Å². The van der Waals surface area contributed by atoms with E-state index >= 15 is 0 Å². The highest BCUT2D eigenvalue weighted by atomic mass is 35.5. The molecule has 146 valence electrons. The Balaban J connectivity index is 1.55. The Hall–Kier alpha value is -2.86. The van der Waals surface area contributed by atoms with E-state index in [1.54, 1.807) is 12.4 Å². The fourth-order valence-electron chi connectivity index (χ4n) is 2.80. The van der Waals surface area contributed by atoms with Crippen LogP contribution in [0.3, 0.4) is 0 Å². The van der Waals surface area contributed by atoms with Crippen molar-refractivity contribution < 1.29 is 0 Å². The molecule has 0 aliphatic rings. The molecule has 0 bridgehead atoms. The zero-order valence-electron chi connectivity index (χ0n) is 16.0. The van der Waals surface area contributed by atoms with Crippen molar-refractivity contribution in [2.45, 2.75) is 26.4 Å². The van der Waals surface area contributed by atoms with Crippen molar-refractivity contribution in [1.82, 2.24) is 25.4 Å². The zero-order chi connectivity index (χ0) is 19.6. The van der Waals surface area contributed by atoms with Gasteiger partial charge in [0.2, 0.25) is 0 Å². The van der Waals surface area contributed by atoms with Crippen molar-refractivity contribution in [1.29, 1.82) is 0 Å². The van der Waals surface area contributed by atoms with Gasteiger partial charge < -0.3 is 10.6 Å². The lowest BCUT2D eigenvalue weighted by Gasteiger charge is -2.11. The molecule has 0 amide bonds. The first-order chi connectivity index (χ1) is 13.7. The van der Waals surface area contributed by atoms with Crippen molar-refractivity contribution in [2.75, 3.05) is 13.1 Å². The topological polar surface area (TPSA) is 67.1 Å². The van der Waals surface area contributed by atoms with Gasteiger partial charge in [0, 0.05) is 31.7 Å². The molecule has 0 atom stereocenters. The van der Waals surface area contributed by atoms with E-state index < -0.39 is 0 Å². The smallest absolute Gasteiger partial charge is 0.191 e. The van der Waals surface area contributed by atoms with Gasteiger partial charge in [-0.2, -0.15) is 5.10 Å². The molecular formula is C21H25ClN6. The van der Waals surface area contributed by atoms with Crippen LogP contribution in [-0.4, -0.2) is 33.8 Å². The Bertz CT molecular complexity index is 874. The molecule has 0 spiro atoms. The summed E-state index contributed by atoms with van der Waals surface area (Å²) in [5.41, 5.74) is 3.52. The monoisotopic (exact) mass is 396 g/mol. The van der Waals surface area contributed by atoms with Gasteiger partial charge in [-0.3, -0.25) is 4.68 Å². The lowest BCUT2D eigenvalue weighted by Crippen LogP contribution is -2.38. The molecule has 0 unspecified atom stereocenters. The van der Waals surface area contributed by atoms with Crippen LogP contribution in [0.1, 0.15) is 23.6 Å². The molecule has 2 N–H and O–H groups in total. The zero-order valence-corrected chi connectivity index (χ0v) is 16.7. The molecule has 0 radical (unpaired) electrons. The van der Waals surface area contributed by atoms with Gasteiger partial charge >= 0.3 is 0 Å². The largest absolute Gasteiger partial charge is 0.357 e. The summed E-state index contributed by atoms with van der Waals surface area (Å²) in [5, 5.41) is 11.4. The second kappa shape index (κ2) is 10.5. The fraction of sp³-hybridized carbons (Fsp3) is 0.286. The van der Waals surface area contributed by atoms with Gasteiger partial charge in [-0.15, -0.1) is 0 Å². The highest BCUT2D eigenvalue weighted by Gasteiger charge is 2.01. The minimum absolute atomic E-state index is 0.515. The van der Waals surface area contributed by atoms with Gasteiger partial charge in [0.05, 0.1) is 13.1 Å². The summed E-state index contributed by atoms with van der Waals surface area (Å²) in [4.78, 5) is 8.81. The van der Waals surface area contributed by atoms with Crippen LogP contribution >= 0.6 is 11.6 Å². The average molecular weight is 397 g/mol. The van der Waals surface area contributed by atoms with Crippen LogP contribution in [0, 0.1) is 0 Å². The molecule has 6 nitrogen and oxygen atoms in total. The van der Waals surface area contributed by atoms with E-state index in [2.05, 4.69) is 51.9 Å². The highest BCUT2D eigenvalue weighted by molar-refractivity contribution is 6.29. The second-order valence-corrected chi connectivity index (χ2v) is 6.77. The molecule has 0 aliphatic heterocycles. The third-order valence-electron chi connectivity index (χ3n) is 4.15. The van der Waals surface area contributed by atoms with Gasteiger partial charge in [0.15, 0.2) is 5.96 Å². The van der Waals surface area contributed by atoms with Crippen molar-refractivity contribution in [3.05, 3.63) is 82.9 Å². The SMILES string of the molecule is CCNC(=NCc1cccc(Cn2cccn2)c1)NCCc1ccc(Cl)nc1. The highest BCUT2D eigenvalue weighted by Crippen LogP contribution is 2.08. The van der Waals surface area contributed by atoms with Crippen LogP contribution < -0.4 is 10.6 Å². The Labute approximate surface area is 170 Å². The number of aliphatic imine (C=N–C) groups is 1. The molecule has 0 saturated heterocycles. The minimum atomic E-state index is 0.515. The fourth-order valence-corrected chi connectivity index (χ4v) is 2.91. The summed E-state index contributed by atoms with van der Waals surface area (Å²) in [6, 6.07) is 14.2. The van der Waals surface area contributed by atoms with E-state index in [9.17, 15) is 0 Å². The summed E-state index contributed by atoms with van der Waals surface area (Å²) >= 11 is 5.83. The Morgan fingerprint density at radius 2 is 2.00 bits per heavy atom. The lowest BCUT2D eigenvalue weighted by molar-refractivity contribution is 0.686. The molecule has 2 heterocycles. The normalized spacial score (nSPS) is 11.4. The molecule has 0 aliphatic carbocycles. The van der Waals surface area contributed by atoms with E-state index in [1.165, 1.54) is 11.1 Å². The minimum Gasteiger partial charge on any atom is -0.357 e. The summed E-state index contributed by atoms with van der Waals surface area (Å²) in [7, 11) is 0. The van der Waals surface area contributed by atoms with E-state index in [1.807, 2.05) is 29.1 Å². The second-order valence-electron chi connectivity index (χ2n) is 6.38. The molecular weight excluding hydrogens is 372 g/mol. The summed E-state index contributed by atoms with van der Waals surface area (Å²) in [5.74, 6) is 0.807. The van der Waals surface area contributed by atoms with E-state index in [-0.39, 0.29) is 0 Å². The number of hydrogen-bond donors (Lipinski definition) is 2. The van der Waals surface area contributed by atoms with Crippen LogP contribution in [0.2, 0.25) is 5.15 Å². The molecule has 28 heavy (non-hydrogen) atoms. The maximum atomic E-state index is 5.83. The van der Waals surface area contributed by atoms with Gasteiger partial charge in [-0.25, -0.2) is 9.98 Å².